The lowest BCUT2D eigenvalue weighted by Gasteiger charge is -2.12. The van der Waals surface area contributed by atoms with E-state index in [4.69, 9.17) is 33.0 Å². The van der Waals surface area contributed by atoms with E-state index in [1.165, 1.54) is 11.6 Å². The average Bonchev–Trinajstić information content (AvgIpc) is 3.05. The molecule has 1 aromatic carbocycles. The van der Waals surface area contributed by atoms with E-state index < -0.39 is 11.2 Å². The van der Waals surface area contributed by atoms with Crippen LogP contribution in [0.5, 0.6) is 0 Å². The van der Waals surface area contributed by atoms with E-state index in [1.807, 2.05) is 0 Å². The fourth-order valence-electron chi connectivity index (χ4n) is 2.96. The van der Waals surface area contributed by atoms with Crippen molar-refractivity contribution in [2.75, 3.05) is 31.7 Å². The molecule has 0 radical (unpaired) electrons. The van der Waals surface area contributed by atoms with Gasteiger partial charge in [-0.05, 0) is 17.7 Å². The van der Waals surface area contributed by atoms with Crippen molar-refractivity contribution in [3.63, 3.8) is 0 Å². The standard InChI is InChI=1S/C18H21Cl2N5O4/c1-23-15-14(16(27)24(2)18(23)28)25(10-11-3-4-12(19)9-13(11)20)17(22-15)21-5-7-29-8-6-26/h3-4,9,26H,5-8,10H2,1-2H3,(H,21,22). The minimum atomic E-state index is -0.463. The summed E-state index contributed by atoms with van der Waals surface area (Å²) < 4.78 is 9.29. The van der Waals surface area contributed by atoms with E-state index in [0.29, 0.717) is 29.1 Å². The van der Waals surface area contributed by atoms with E-state index in [1.54, 1.807) is 29.8 Å². The van der Waals surface area contributed by atoms with Gasteiger partial charge in [0, 0.05) is 30.7 Å². The number of aryl methyl sites for hydroxylation is 1. The number of aliphatic hydroxyl groups is 1. The molecule has 0 atom stereocenters. The monoisotopic (exact) mass is 441 g/mol. The van der Waals surface area contributed by atoms with Gasteiger partial charge in [-0.3, -0.25) is 18.5 Å². The molecule has 2 N–H and O–H groups in total. The van der Waals surface area contributed by atoms with Crippen molar-refractivity contribution in [1.82, 2.24) is 18.7 Å². The Morgan fingerprint density at radius 2 is 1.93 bits per heavy atom. The zero-order valence-corrected chi connectivity index (χ0v) is 17.5. The summed E-state index contributed by atoms with van der Waals surface area (Å²) in [7, 11) is 2.98. The number of anilines is 1. The van der Waals surface area contributed by atoms with Crippen LogP contribution in [0.1, 0.15) is 5.56 Å². The molecule has 0 amide bonds. The Hall–Kier alpha value is -2.33. The number of aromatic nitrogens is 4. The van der Waals surface area contributed by atoms with Crippen LogP contribution in [-0.2, 0) is 25.4 Å². The summed E-state index contributed by atoms with van der Waals surface area (Å²) in [6.07, 6.45) is 0. The molecule has 0 unspecified atom stereocenters. The maximum atomic E-state index is 12.8. The first-order valence-corrected chi connectivity index (χ1v) is 9.63. The molecule has 0 aliphatic rings. The summed E-state index contributed by atoms with van der Waals surface area (Å²) in [6, 6.07) is 5.11. The molecule has 11 heteroatoms. The predicted molar refractivity (Wildman–Crippen MR) is 112 cm³/mol. The van der Waals surface area contributed by atoms with Crippen molar-refractivity contribution >= 4 is 40.3 Å². The number of benzene rings is 1. The van der Waals surface area contributed by atoms with E-state index in [0.717, 1.165) is 10.1 Å². The van der Waals surface area contributed by atoms with Gasteiger partial charge in [-0.2, -0.15) is 4.98 Å². The molecule has 0 aliphatic carbocycles. The van der Waals surface area contributed by atoms with Crippen LogP contribution in [-0.4, -0.2) is 50.2 Å². The lowest BCUT2D eigenvalue weighted by Crippen LogP contribution is -2.37. The van der Waals surface area contributed by atoms with Gasteiger partial charge in [0.1, 0.15) is 0 Å². The number of nitrogens with zero attached hydrogens (tertiary/aromatic N) is 4. The van der Waals surface area contributed by atoms with E-state index in [-0.39, 0.29) is 30.9 Å². The highest BCUT2D eigenvalue weighted by molar-refractivity contribution is 6.35. The van der Waals surface area contributed by atoms with Gasteiger partial charge >= 0.3 is 5.69 Å². The van der Waals surface area contributed by atoms with Crippen LogP contribution in [0.25, 0.3) is 11.2 Å². The zero-order chi connectivity index (χ0) is 21.1. The molecule has 3 rings (SSSR count). The highest BCUT2D eigenvalue weighted by Gasteiger charge is 2.20. The average molecular weight is 442 g/mol. The molecule has 2 heterocycles. The first-order chi connectivity index (χ1) is 13.8. The van der Waals surface area contributed by atoms with Crippen molar-refractivity contribution in [3.8, 4) is 0 Å². The summed E-state index contributed by atoms with van der Waals surface area (Å²) in [4.78, 5) is 29.6. The van der Waals surface area contributed by atoms with Gasteiger partial charge in [-0.1, -0.05) is 29.3 Å². The SMILES string of the molecule is Cn1c(=O)c2c(nc(NCCOCCO)n2Cc2ccc(Cl)cc2Cl)n(C)c1=O. The minimum Gasteiger partial charge on any atom is -0.394 e. The normalized spacial score (nSPS) is 11.3. The summed E-state index contributed by atoms with van der Waals surface area (Å²) in [5, 5.41) is 12.9. The second-order valence-electron chi connectivity index (χ2n) is 6.40. The molecule has 156 valence electrons. The summed E-state index contributed by atoms with van der Waals surface area (Å²) >= 11 is 12.3. The number of hydrogen-bond donors (Lipinski definition) is 2. The minimum absolute atomic E-state index is 0.0638. The number of rotatable bonds is 8. The molecule has 0 bridgehead atoms. The molecule has 0 spiro atoms. The van der Waals surface area contributed by atoms with Crippen LogP contribution in [0.3, 0.4) is 0 Å². The van der Waals surface area contributed by atoms with Gasteiger partial charge in [0.2, 0.25) is 5.95 Å². The molecule has 29 heavy (non-hydrogen) atoms. The van der Waals surface area contributed by atoms with Gasteiger partial charge in [0.15, 0.2) is 11.2 Å². The zero-order valence-electron chi connectivity index (χ0n) is 16.0. The largest absolute Gasteiger partial charge is 0.394 e. The van der Waals surface area contributed by atoms with Crippen LogP contribution >= 0.6 is 23.2 Å². The third kappa shape index (κ3) is 4.32. The molecular formula is C18H21Cl2N5O4. The van der Waals surface area contributed by atoms with E-state index >= 15 is 0 Å². The first kappa shape index (κ1) is 21.4. The van der Waals surface area contributed by atoms with E-state index in [2.05, 4.69) is 10.3 Å². The maximum absolute atomic E-state index is 12.8. The van der Waals surface area contributed by atoms with Gasteiger partial charge in [0.05, 0.1) is 26.4 Å². The first-order valence-electron chi connectivity index (χ1n) is 8.87. The van der Waals surface area contributed by atoms with Crippen molar-refractivity contribution in [2.24, 2.45) is 14.1 Å². The Kier molecular flexibility index (Phi) is 6.63. The Morgan fingerprint density at radius 3 is 2.62 bits per heavy atom. The molecule has 2 aromatic heterocycles. The Labute approximate surface area is 176 Å². The summed E-state index contributed by atoms with van der Waals surface area (Å²) in [5.74, 6) is 0.400. The van der Waals surface area contributed by atoms with Crippen LogP contribution in [0.2, 0.25) is 10.0 Å². The molecule has 0 saturated heterocycles. The number of ether oxygens (including phenoxy) is 1. The number of fused-ring (bicyclic) bond motifs is 1. The smallest absolute Gasteiger partial charge is 0.332 e. The quantitative estimate of drug-likeness (QED) is 0.509. The molecular weight excluding hydrogens is 421 g/mol. The molecule has 3 aromatic rings. The fraction of sp³-hybridized carbons (Fsp3) is 0.389. The molecule has 0 saturated carbocycles. The number of imidazole rings is 1. The second kappa shape index (κ2) is 9.00. The fourth-order valence-corrected chi connectivity index (χ4v) is 3.43. The predicted octanol–water partition coefficient (Wildman–Crippen LogP) is 1.21. The third-order valence-corrected chi connectivity index (χ3v) is 5.04. The number of hydrogen-bond acceptors (Lipinski definition) is 6. The Balaban J connectivity index is 2.09. The third-order valence-electron chi connectivity index (χ3n) is 4.46. The molecule has 9 nitrogen and oxygen atoms in total. The van der Waals surface area contributed by atoms with Crippen LogP contribution in [0, 0.1) is 0 Å². The lowest BCUT2D eigenvalue weighted by molar-refractivity contribution is 0.0991. The summed E-state index contributed by atoms with van der Waals surface area (Å²) in [6.45, 7) is 1.15. The van der Waals surface area contributed by atoms with E-state index in [9.17, 15) is 9.59 Å². The Morgan fingerprint density at radius 1 is 1.17 bits per heavy atom. The van der Waals surface area contributed by atoms with Crippen LogP contribution < -0.4 is 16.6 Å². The van der Waals surface area contributed by atoms with Crippen molar-refractivity contribution < 1.29 is 9.84 Å². The van der Waals surface area contributed by atoms with Crippen LogP contribution in [0.15, 0.2) is 27.8 Å². The number of halogens is 2. The molecule has 0 fully saturated rings. The molecule has 0 aliphatic heterocycles. The van der Waals surface area contributed by atoms with Gasteiger partial charge < -0.3 is 15.2 Å². The van der Waals surface area contributed by atoms with Crippen molar-refractivity contribution in [3.05, 3.63) is 54.6 Å². The van der Waals surface area contributed by atoms with Gasteiger partial charge in [-0.25, -0.2) is 4.79 Å². The lowest BCUT2D eigenvalue weighted by atomic mass is 10.2. The number of nitrogens with one attached hydrogen (secondary N) is 1. The Bertz CT molecular complexity index is 1150. The summed E-state index contributed by atoms with van der Waals surface area (Å²) in [5.41, 5.74) is 0.368. The van der Waals surface area contributed by atoms with Gasteiger partial charge in [0.25, 0.3) is 5.56 Å². The highest BCUT2D eigenvalue weighted by atomic mass is 35.5. The van der Waals surface area contributed by atoms with Crippen LogP contribution in [0.4, 0.5) is 5.95 Å². The number of aliphatic hydroxyl groups excluding tert-OH is 1. The second-order valence-corrected chi connectivity index (χ2v) is 7.24. The topological polar surface area (TPSA) is 103 Å². The van der Waals surface area contributed by atoms with Gasteiger partial charge in [-0.15, -0.1) is 0 Å². The highest BCUT2D eigenvalue weighted by Crippen LogP contribution is 2.24. The van der Waals surface area contributed by atoms with Crippen molar-refractivity contribution in [1.29, 1.82) is 0 Å². The maximum Gasteiger partial charge on any atom is 0.332 e. The van der Waals surface area contributed by atoms with Crippen molar-refractivity contribution in [2.45, 2.75) is 6.54 Å².